The number of carbonyl (C=O) groups is 1. The van der Waals surface area contributed by atoms with Crippen molar-refractivity contribution in [2.24, 2.45) is 0 Å². The second kappa shape index (κ2) is 8.98. The summed E-state index contributed by atoms with van der Waals surface area (Å²) in [7, 11) is 0. The molecular formula is C26H27FN6O2. The molecule has 4 aromatic rings. The van der Waals surface area contributed by atoms with Crippen LogP contribution in [0.25, 0.3) is 28.2 Å². The number of fused-ring (bicyclic) bond motifs is 1. The molecule has 1 saturated heterocycles. The van der Waals surface area contributed by atoms with Gasteiger partial charge >= 0.3 is 6.09 Å². The Balaban J connectivity index is 1.47. The summed E-state index contributed by atoms with van der Waals surface area (Å²) in [5, 5.41) is 0. The molecule has 0 spiro atoms. The van der Waals surface area contributed by atoms with Crippen LogP contribution in [0.4, 0.5) is 14.9 Å². The first-order valence-corrected chi connectivity index (χ1v) is 11.6. The second-order valence-corrected chi connectivity index (χ2v) is 9.47. The maximum Gasteiger partial charge on any atom is 0.410 e. The van der Waals surface area contributed by atoms with Crippen LogP contribution in [0.15, 0.2) is 61.1 Å². The van der Waals surface area contributed by atoms with Gasteiger partial charge in [0, 0.05) is 43.6 Å². The lowest BCUT2D eigenvalue weighted by Crippen LogP contribution is -2.50. The number of amides is 1. The van der Waals surface area contributed by atoms with Gasteiger partial charge in [-0.1, -0.05) is 0 Å². The summed E-state index contributed by atoms with van der Waals surface area (Å²) in [5.41, 5.74) is 2.99. The highest BCUT2D eigenvalue weighted by atomic mass is 19.1. The zero-order chi connectivity index (χ0) is 24.6. The maximum absolute atomic E-state index is 13.6. The van der Waals surface area contributed by atoms with Gasteiger partial charge in [0.1, 0.15) is 29.4 Å². The molecule has 5 rings (SSSR count). The molecule has 1 fully saturated rings. The third-order valence-corrected chi connectivity index (χ3v) is 5.83. The molecule has 3 heterocycles. The van der Waals surface area contributed by atoms with Crippen LogP contribution in [0.2, 0.25) is 0 Å². The van der Waals surface area contributed by atoms with E-state index < -0.39 is 5.60 Å². The third-order valence-electron chi connectivity index (χ3n) is 5.83. The third kappa shape index (κ3) is 4.80. The first kappa shape index (κ1) is 22.8. The lowest BCUT2D eigenvalue weighted by atomic mass is 10.2. The van der Waals surface area contributed by atoms with Gasteiger partial charge < -0.3 is 14.5 Å². The fourth-order valence-corrected chi connectivity index (χ4v) is 4.17. The van der Waals surface area contributed by atoms with Crippen LogP contribution in [0.3, 0.4) is 0 Å². The molecule has 0 radical (unpaired) electrons. The molecular weight excluding hydrogens is 447 g/mol. The van der Waals surface area contributed by atoms with Crippen molar-refractivity contribution in [3.63, 3.8) is 0 Å². The number of anilines is 1. The summed E-state index contributed by atoms with van der Waals surface area (Å²) in [6.45, 7) is 8.17. The van der Waals surface area contributed by atoms with Crippen molar-refractivity contribution >= 4 is 22.8 Å². The number of aromatic nitrogens is 4. The van der Waals surface area contributed by atoms with E-state index >= 15 is 0 Å². The Bertz CT molecular complexity index is 1340. The van der Waals surface area contributed by atoms with Gasteiger partial charge in [-0.15, -0.1) is 0 Å². The van der Waals surface area contributed by atoms with Crippen molar-refractivity contribution in [1.29, 1.82) is 0 Å². The molecule has 2 aromatic carbocycles. The molecule has 0 unspecified atom stereocenters. The maximum atomic E-state index is 13.6. The highest BCUT2D eigenvalue weighted by molar-refractivity contribution is 5.86. The summed E-state index contributed by atoms with van der Waals surface area (Å²) in [6, 6.07) is 14.2. The van der Waals surface area contributed by atoms with Crippen molar-refractivity contribution in [2.45, 2.75) is 26.4 Å². The van der Waals surface area contributed by atoms with Crippen molar-refractivity contribution in [3.8, 4) is 17.2 Å². The number of benzene rings is 2. The van der Waals surface area contributed by atoms with Crippen LogP contribution in [-0.2, 0) is 4.74 Å². The SMILES string of the molecule is CC(C)(C)OC(=O)N1CCN(c2ccc3nc(-c4ccc(F)cc4)n(-c4ccncn4)c3c2)CC1. The highest BCUT2D eigenvalue weighted by Crippen LogP contribution is 2.31. The Morgan fingerprint density at radius 1 is 1.00 bits per heavy atom. The van der Waals surface area contributed by atoms with Crippen LogP contribution in [-0.4, -0.2) is 62.3 Å². The lowest BCUT2D eigenvalue weighted by Gasteiger charge is -2.36. The van der Waals surface area contributed by atoms with Crippen molar-refractivity contribution in [2.75, 3.05) is 31.1 Å². The number of halogens is 1. The average Bonchev–Trinajstić information content (AvgIpc) is 3.23. The second-order valence-electron chi connectivity index (χ2n) is 9.47. The molecule has 0 aliphatic carbocycles. The molecule has 0 bridgehead atoms. The van der Waals surface area contributed by atoms with Crippen molar-refractivity contribution in [3.05, 3.63) is 66.9 Å². The molecule has 0 saturated carbocycles. The monoisotopic (exact) mass is 474 g/mol. The van der Waals surface area contributed by atoms with E-state index in [4.69, 9.17) is 9.72 Å². The van der Waals surface area contributed by atoms with E-state index in [0.29, 0.717) is 37.8 Å². The number of imidazole rings is 1. The molecule has 1 aliphatic rings. The summed E-state index contributed by atoms with van der Waals surface area (Å²) >= 11 is 0. The van der Waals surface area contributed by atoms with Crippen LogP contribution in [0, 0.1) is 5.82 Å². The van der Waals surface area contributed by atoms with E-state index in [-0.39, 0.29) is 11.9 Å². The minimum absolute atomic E-state index is 0.279. The first-order chi connectivity index (χ1) is 16.8. The van der Waals surface area contributed by atoms with E-state index in [0.717, 1.165) is 22.3 Å². The summed E-state index contributed by atoms with van der Waals surface area (Å²) in [6.07, 6.45) is 2.90. The van der Waals surface area contributed by atoms with Gasteiger partial charge in [-0.25, -0.2) is 24.1 Å². The van der Waals surface area contributed by atoms with E-state index in [9.17, 15) is 9.18 Å². The number of hydrogen-bond donors (Lipinski definition) is 0. The van der Waals surface area contributed by atoms with E-state index in [1.807, 2.05) is 43.5 Å². The minimum atomic E-state index is -0.513. The molecule has 1 aliphatic heterocycles. The Morgan fingerprint density at radius 3 is 2.40 bits per heavy atom. The zero-order valence-corrected chi connectivity index (χ0v) is 20.0. The zero-order valence-electron chi connectivity index (χ0n) is 20.0. The normalized spacial score (nSPS) is 14.4. The first-order valence-electron chi connectivity index (χ1n) is 11.6. The largest absolute Gasteiger partial charge is 0.444 e. The molecule has 180 valence electrons. The van der Waals surface area contributed by atoms with E-state index in [1.54, 1.807) is 23.2 Å². The van der Waals surface area contributed by atoms with E-state index in [1.165, 1.54) is 18.5 Å². The fraction of sp³-hybridized carbons (Fsp3) is 0.308. The Morgan fingerprint density at radius 2 is 1.74 bits per heavy atom. The molecule has 1 amide bonds. The van der Waals surface area contributed by atoms with Crippen molar-refractivity contribution < 1.29 is 13.9 Å². The number of hydrogen-bond acceptors (Lipinski definition) is 6. The smallest absolute Gasteiger partial charge is 0.410 e. The molecule has 0 atom stereocenters. The molecule has 35 heavy (non-hydrogen) atoms. The quantitative estimate of drug-likeness (QED) is 0.429. The highest BCUT2D eigenvalue weighted by Gasteiger charge is 2.26. The Labute approximate surface area is 203 Å². The van der Waals surface area contributed by atoms with Gasteiger partial charge in [0.2, 0.25) is 0 Å². The predicted octanol–water partition coefficient (Wildman–Crippen LogP) is 4.68. The summed E-state index contributed by atoms with van der Waals surface area (Å²) < 4.78 is 21.0. The predicted molar refractivity (Wildman–Crippen MR) is 132 cm³/mol. The van der Waals surface area contributed by atoms with Crippen LogP contribution >= 0.6 is 0 Å². The van der Waals surface area contributed by atoms with Gasteiger partial charge in [-0.2, -0.15) is 0 Å². The van der Waals surface area contributed by atoms with Crippen LogP contribution in [0.1, 0.15) is 20.8 Å². The fourth-order valence-electron chi connectivity index (χ4n) is 4.17. The Hall–Kier alpha value is -4.01. The summed E-state index contributed by atoms with van der Waals surface area (Å²) in [4.78, 5) is 29.7. The van der Waals surface area contributed by atoms with Gasteiger partial charge in [-0.05, 0) is 69.3 Å². The number of carbonyl (C=O) groups excluding carboxylic acids is 1. The number of piperazine rings is 1. The van der Waals surface area contributed by atoms with Crippen molar-refractivity contribution in [1.82, 2.24) is 24.4 Å². The molecule has 9 heteroatoms. The standard InChI is InChI=1S/C26H27FN6O2/c1-26(2,3)35-25(34)32-14-12-31(13-15-32)20-8-9-21-22(16-20)33(23-10-11-28-17-29-23)24(30-21)18-4-6-19(27)7-5-18/h4-11,16-17H,12-15H2,1-3H3. The number of rotatable bonds is 3. The molecule has 0 N–H and O–H groups in total. The van der Waals surface area contributed by atoms with Crippen LogP contribution in [0.5, 0.6) is 0 Å². The van der Waals surface area contributed by atoms with E-state index in [2.05, 4.69) is 20.9 Å². The number of ether oxygens (including phenoxy) is 1. The van der Waals surface area contributed by atoms with Gasteiger partial charge in [0.15, 0.2) is 0 Å². The summed E-state index contributed by atoms with van der Waals surface area (Å²) in [5.74, 6) is 1.05. The Kier molecular flexibility index (Phi) is 5.84. The molecule has 8 nitrogen and oxygen atoms in total. The average molecular weight is 475 g/mol. The lowest BCUT2D eigenvalue weighted by molar-refractivity contribution is 0.0240. The van der Waals surface area contributed by atoms with Crippen LogP contribution < -0.4 is 4.90 Å². The van der Waals surface area contributed by atoms with Gasteiger partial charge in [-0.3, -0.25) is 4.57 Å². The minimum Gasteiger partial charge on any atom is -0.444 e. The number of nitrogens with zero attached hydrogens (tertiary/aromatic N) is 6. The topological polar surface area (TPSA) is 76.4 Å². The van der Waals surface area contributed by atoms with Gasteiger partial charge in [0.25, 0.3) is 0 Å². The van der Waals surface area contributed by atoms with Gasteiger partial charge in [0.05, 0.1) is 11.0 Å². The molecule has 2 aromatic heterocycles.